The van der Waals surface area contributed by atoms with Gasteiger partial charge in [0.05, 0.1) is 10.9 Å². The van der Waals surface area contributed by atoms with Gasteiger partial charge in [-0.2, -0.15) is 0 Å². The van der Waals surface area contributed by atoms with Crippen LogP contribution < -0.4 is 5.73 Å². The quantitative estimate of drug-likeness (QED) is 0.823. The minimum Gasteiger partial charge on any atom is -0.506 e. The molecule has 0 spiro atoms. The van der Waals surface area contributed by atoms with Crippen LogP contribution in [0.4, 0.5) is 8.78 Å². The topological polar surface area (TPSA) is 46.2 Å². The maximum atomic E-state index is 12.4. The molecule has 0 aliphatic carbocycles. The summed E-state index contributed by atoms with van der Waals surface area (Å²) in [5.74, 6) is -1.16. The van der Waals surface area contributed by atoms with E-state index >= 15 is 0 Å². The molecular weight excluding hydrogens is 212 g/mol. The number of phenols is 1. The molecule has 0 aliphatic rings. The van der Waals surface area contributed by atoms with Crippen molar-refractivity contribution in [1.29, 1.82) is 0 Å². The second-order valence-electron chi connectivity index (χ2n) is 2.89. The molecule has 1 rings (SSSR count). The van der Waals surface area contributed by atoms with Crippen LogP contribution in [0, 0.1) is 0 Å². The summed E-state index contributed by atoms with van der Waals surface area (Å²) in [6.07, 6.45) is -2.53. The molecule has 0 saturated carbocycles. The van der Waals surface area contributed by atoms with Crippen molar-refractivity contribution in [2.75, 3.05) is 6.54 Å². The highest BCUT2D eigenvalue weighted by Gasteiger charge is 2.21. The molecule has 1 unspecified atom stereocenters. The number of hydrogen-bond acceptors (Lipinski definition) is 2. The molecule has 0 radical (unpaired) electrons. The van der Waals surface area contributed by atoms with Gasteiger partial charge in [-0.1, -0.05) is 17.7 Å². The maximum Gasteiger partial charge on any atom is 0.246 e. The van der Waals surface area contributed by atoms with E-state index in [9.17, 15) is 8.78 Å². The van der Waals surface area contributed by atoms with Gasteiger partial charge in [-0.25, -0.2) is 8.78 Å². The summed E-state index contributed by atoms with van der Waals surface area (Å²) in [5, 5.41) is 9.14. The standard InChI is InChI=1S/C9H10ClF2NO/c10-7-3-5(1-2-8(7)14)6(4-13)9(11)12/h1-3,6,9,14H,4,13H2. The van der Waals surface area contributed by atoms with Gasteiger partial charge < -0.3 is 10.8 Å². The van der Waals surface area contributed by atoms with Crippen LogP contribution in [0.2, 0.25) is 5.02 Å². The van der Waals surface area contributed by atoms with Gasteiger partial charge in [0, 0.05) is 6.54 Å². The number of nitrogens with two attached hydrogens (primary N) is 1. The molecule has 2 nitrogen and oxygen atoms in total. The number of benzene rings is 1. The maximum absolute atomic E-state index is 12.4. The van der Waals surface area contributed by atoms with Crippen LogP contribution in [0.15, 0.2) is 18.2 Å². The van der Waals surface area contributed by atoms with Crippen LogP contribution in [-0.2, 0) is 0 Å². The van der Waals surface area contributed by atoms with Gasteiger partial charge in [0.1, 0.15) is 5.75 Å². The Bertz CT molecular complexity index is 320. The van der Waals surface area contributed by atoms with Gasteiger partial charge in [0.2, 0.25) is 6.43 Å². The van der Waals surface area contributed by atoms with Crippen molar-refractivity contribution in [3.05, 3.63) is 28.8 Å². The molecule has 5 heteroatoms. The molecule has 1 atom stereocenters. The van der Waals surface area contributed by atoms with Crippen LogP contribution in [0.25, 0.3) is 0 Å². The van der Waals surface area contributed by atoms with Gasteiger partial charge in [-0.3, -0.25) is 0 Å². The van der Waals surface area contributed by atoms with Gasteiger partial charge in [0.15, 0.2) is 0 Å². The third-order valence-electron chi connectivity index (χ3n) is 1.96. The first-order valence-corrected chi connectivity index (χ1v) is 4.40. The molecule has 1 aromatic rings. The minimum atomic E-state index is -2.53. The number of aromatic hydroxyl groups is 1. The van der Waals surface area contributed by atoms with Crippen molar-refractivity contribution in [3.63, 3.8) is 0 Å². The summed E-state index contributed by atoms with van der Waals surface area (Å²) in [6, 6.07) is 3.98. The molecule has 0 amide bonds. The highest BCUT2D eigenvalue weighted by Crippen LogP contribution is 2.29. The third kappa shape index (κ3) is 2.33. The Labute approximate surface area is 85.3 Å². The molecular formula is C9H10ClF2NO. The lowest BCUT2D eigenvalue weighted by atomic mass is 10.00. The van der Waals surface area contributed by atoms with Gasteiger partial charge in [-0.05, 0) is 17.7 Å². The number of rotatable bonds is 3. The average Bonchev–Trinajstić information content (AvgIpc) is 2.11. The SMILES string of the molecule is NCC(c1ccc(O)c(Cl)c1)C(F)F. The molecule has 78 valence electrons. The van der Waals surface area contributed by atoms with Crippen LogP contribution >= 0.6 is 11.6 Å². The average molecular weight is 222 g/mol. The van der Waals surface area contributed by atoms with Crippen molar-refractivity contribution in [1.82, 2.24) is 0 Å². The fourth-order valence-electron chi connectivity index (χ4n) is 1.14. The summed E-state index contributed by atoms with van der Waals surface area (Å²) in [4.78, 5) is 0. The van der Waals surface area contributed by atoms with Gasteiger partial charge in [0.25, 0.3) is 0 Å². The zero-order valence-electron chi connectivity index (χ0n) is 7.25. The lowest BCUT2D eigenvalue weighted by molar-refractivity contribution is 0.117. The molecule has 3 N–H and O–H groups in total. The Hall–Kier alpha value is -0.870. The van der Waals surface area contributed by atoms with E-state index in [1.807, 2.05) is 0 Å². The van der Waals surface area contributed by atoms with Crippen molar-refractivity contribution in [2.45, 2.75) is 12.3 Å². The number of phenolic OH excluding ortho intramolecular Hbond substituents is 1. The number of halogens is 3. The van der Waals surface area contributed by atoms with Crippen molar-refractivity contribution >= 4 is 11.6 Å². The molecule has 0 aliphatic heterocycles. The van der Waals surface area contributed by atoms with Gasteiger partial charge >= 0.3 is 0 Å². The number of alkyl halides is 2. The van der Waals surface area contributed by atoms with E-state index in [1.54, 1.807) is 0 Å². The highest BCUT2D eigenvalue weighted by molar-refractivity contribution is 6.32. The summed E-state index contributed by atoms with van der Waals surface area (Å²) < 4.78 is 24.9. The summed E-state index contributed by atoms with van der Waals surface area (Å²) in [7, 11) is 0. The molecule has 0 aromatic heterocycles. The Morgan fingerprint density at radius 2 is 2.07 bits per heavy atom. The van der Waals surface area contributed by atoms with E-state index in [1.165, 1.54) is 18.2 Å². The first-order chi connectivity index (χ1) is 6.56. The predicted molar refractivity (Wildman–Crippen MR) is 50.9 cm³/mol. The second kappa shape index (κ2) is 4.57. The first-order valence-electron chi connectivity index (χ1n) is 4.03. The van der Waals surface area contributed by atoms with E-state index in [4.69, 9.17) is 22.4 Å². The lowest BCUT2D eigenvalue weighted by Gasteiger charge is -2.14. The zero-order chi connectivity index (χ0) is 10.7. The molecule has 1 aromatic carbocycles. The Balaban J connectivity index is 3.00. The van der Waals surface area contributed by atoms with E-state index in [2.05, 4.69) is 0 Å². The summed E-state index contributed by atoms with van der Waals surface area (Å²) in [5.41, 5.74) is 5.55. The van der Waals surface area contributed by atoms with E-state index in [-0.39, 0.29) is 17.3 Å². The minimum absolute atomic E-state index is 0.0570. The molecule has 0 fully saturated rings. The Kier molecular flexibility index (Phi) is 3.66. The summed E-state index contributed by atoms with van der Waals surface area (Å²) in [6.45, 7) is -0.154. The first kappa shape index (κ1) is 11.2. The third-order valence-corrected chi connectivity index (χ3v) is 2.26. The largest absolute Gasteiger partial charge is 0.506 e. The fraction of sp³-hybridized carbons (Fsp3) is 0.333. The monoisotopic (exact) mass is 221 g/mol. The number of hydrogen-bond donors (Lipinski definition) is 2. The fourth-order valence-corrected chi connectivity index (χ4v) is 1.33. The second-order valence-corrected chi connectivity index (χ2v) is 3.29. The zero-order valence-corrected chi connectivity index (χ0v) is 8.01. The van der Waals surface area contributed by atoms with Crippen molar-refractivity contribution < 1.29 is 13.9 Å². The summed E-state index contributed by atoms with van der Waals surface area (Å²) >= 11 is 5.58. The van der Waals surface area contributed by atoms with Crippen molar-refractivity contribution in [2.24, 2.45) is 5.73 Å². The lowest BCUT2D eigenvalue weighted by Crippen LogP contribution is -2.19. The molecule has 0 bridgehead atoms. The van der Waals surface area contributed by atoms with Gasteiger partial charge in [-0.15, -0.1) is 0 Å². The van der Waals surface area contributed by atoms with Crippen LogP contribution in [-0.4, -0.2) is 18.1 Å². The Morgan fingerprint density at radius 3 is 2.50 bits per heavy atom. The van der Waals surface area contributed by atoms with Crippen molar-refractivity contribution in [3.8, 4) is 5.75 Å². The van der Waals surface area contributed by atoms with E-state index in [0.717, 1.165) is 0 Å². The predicted octanol–water partition coefficient (Wildman–Crippen LogP) is 2.35. The van der Waals surface area contributed by atoms with E-state index in [0.29, 0.717) is 5.56 Å². The smallest absolute Gasteiger partial charge is 0.246 e. The van der Waals surface area contributed by atoms with Crippen LogP contribution in [0.3, 0.4) is 0 Å². The Morgan fingerprint density at radius 1 is 1.43 bits per heavy atom. The molecule has 0 saturated heterocycles. The van der Waals surface area contributed by atoms with Crippen LogP contribution in [0.5, 0.6) is 5.75 Å². The highest BCUT2D eigenvalue weighted by atomic mass is 35.5. The molecule has 14 heavy (non-hydrogen) atoms. The van der Waals surface area contributed by atoms with Crippen LogP contribution in [0.1, 0.15) is 11.5 Å². The normalized spacial score (nSPS) is 13.2. The molecule has 0 heterocycles. The van der Waals surface area contributed by atoms with E-state index < -0.39 is 12.3 Å².